The van der Waals surface area contributed by atoms with Gasteiger partial charge in [0.25, 0.3) is 5.91 Å². The average Bonchev–Trinajstić information content (AvgIpc) is 3.24. The van der Waals surface area contributed by atoms with Gasteiger partial charge in [0.2, 0.25) is 11.8 Å². The van der Waals surface area contributed by atoms with Crippen LogP contribution in [0.4, 0.5) is 0 Å². The summed E-state index contributed by atoms with van der Waals surface area (Å²) in [5.41, 5.74) is 1.18. The third-order valence-electron chi connectivity index (χ3n) is 5.10. The lowest BCUT2D eigenvalue weighted by Crippen LogP contribution is -2.39. The summed E-state index contributed by atoms with van der Waals surface area (Å²) in [4.78, 5) is 37.5. The lowest BCUT2D eigenvalue weighted by Gasteiger charge is -2.18. The highest BCUT2D eigenvalue weighted by Crippen LogP contribution is 2.20. The number of aryl methyl sites for hydroxylation is 1. The number of nitrogens with zero attached hydrogens (tertiary/aromatic N) is 1. The maximum Gasteiger partial charge on any atom is 0.254 e. The summed E-state index contributed by atoms with van der Waals surface area (Å²) in [6.45, 7) is 2.83. The van der Waals surface area contributed by atoms with Crippen LogP contribution in [0.2, 0.25) is 0 Å². The monoisotopic (exact) mass is 359 g/mol. The Labute approximate surface area is 152 Å². The van der Waals surface area contributed by atoms with Crippen LogP contribution in [0.15, 0.2) is 18.2 Å². The molecule has 1 aromatic rings. The van der Waals surface area contributed by atoms with Gasteiger partial charge in [-0.3, -0.25) is 14.4 Å². The van der Waals surface area contributed by atoms with Gasteiger partial charge in [0.15, 0.2) is 0 Å². The van der Waals surface area contributed by atoms with Crippen LogP contribution >= 0.6 is 0 Å². The zero-order chi connectivity index (χ0) is 18.7. The zero-order valence-electron chi connectivity index (χ0n) is 15.0. The molecular weight excluding hydrogens is 334 g/mol. The highest BCUT2D eigenvalue weighted by atomic mass is 16.3. The van der Waals surface area contributed by atoms with Gasteiger partial charge >= 0.3 is 0 Å². The van der Waals surface area contributed by atoms with Crippen molar-refractivity contribution < 1.29 is 19.5 Å². The molecule has 2 atom stereocenters. The predicted octanol–water partition coefficient (Wildman–Crippen LogP) is 1.09. The number of carbonyl (C=O) groups excluding carboxylic acids is 3. The molecule has 0 bridgehead atoms. The minimum atomic E-state index is -0.134. The number of aromatic hydroxyl groups is 1. The normalized spacial score (nSPS) is 22.3. The molecule has 3 amide bonds. The number of rotatable bonds is 5. The molecule has 2 saturated heterocycles. The molecule has 26 heavy (non-hydrogen) atoms. The van der Waals surface area contributed by atoms with Gasteiger partial charge in [-0.1, -0.05) is 6.07 Å². The van der Waals surface area contributed by atoms with Crippen molar-refractivity contribution in [1.82, 2.24) is 15.5 Å². The van der Waals surface area contributed by atoms with Crippen LogP contribution in [0.5, 0.6) is 5.75 Å². The molecule has 2 unspecified atom stereocenters. The molecule has 7 nitrogen and oxygen atoms in total. The van der Waals surface area contributed by atoms with E-state index in [9.17, 15) is 19.5 Å². The second-order valence-electron chi connectivity index (χ2n) is 7.15. The van der Waals surface area contributed by atoms with Crippen molar-refractivity contribution in [3.05, 3.63) is 29.3 Å². The number of carbonyl (C=O) groups is 3. The highest BCUT2D eigenvalue weighted by Gasteiger charge is 2.28. The largest absolute Gasteiger partial charge is 0.508 e. The Morgan fingerprint density at radius 2 is 2.15 bits per heavy atom. The van der Waals surface area contributed by atoms with E-state index >= 15 is 0 Å². The van der Waals surface area contributed by atoms with Gasteiger partial charge in [-0.15, -0.1) is 0 Å². The van der Waals surface area contributed by atoms with E-state index in [1.165, 1.54) is 6.07 Å². The molecular formula is C19H25N3O4. The fourth-order valence-corrected chi connectivity index (χ4v) is 3.49. The molecule has 0 aliphatic carbocycles. The molecule has 2 aliphatic rings. The fraction of sp³-hybridized carbons (Fsp3) is 0.526. The quantitative estimate of drug-likeness (QED) is 0.733. The number of phenols is 1. The molecule has 3 N–H and O–H groups in total. The van der Waals surface area contributed by atoms with Gasteiger partial charge in [-0.2, -0.15) is 0 Å². The highest BCUT2D eigenvalue weighted by molar-refractivity contribution is 5.95. The number of amides is 3. The van der Waals surface area contributed by atoms with E-state index in [0.29, 0.717) is 37.9 Å². The van der Waals surface area contributed by atoms with Crippen LogP contribution in [0.1, 0.15) is 48.0 Å². The topological polar surface area (TPSA) is 98.7 Å². The zero-order valence-corrected chi connectivity index (χ0v) is 15.0. The summed E-state index contributed by atoms with van der Waals surface area (Å²) in [5.74, 6) is -0.00875. The molecule has 140 valence electrons. The molecule has 0 radical (unpaired) electrons. The van der Waals surface area contributed by atoms with E-state index < -0.39 is 0 Å². The van der Waals surface area contributed by atoms with Gasteiger partial charge in [-0.25, -0.2) is 0 Å². The van der Waals surface area contributed by atoms with Crippen molar-refractivity contribution in [2.24, 2.45) is 0 Å². The minimum absolute atomic E-state index is 0.0431. The number of hydrogen-bond donors (Lipinski definition) is 3. The molecule has 3 rings (SSSR count). The summed E-state index contributed by atoms with van der Waals surface area (Å²) >= 11 is 0. The second-order valence-corrected chi connectivity index (χ2v) is 7.15. The summed E-state index contributed by atoms with van der Waals surface area (Å²) in [7, 11) is 0. The van der Waals surface area contributed by atoms with Crippen LogP contribution in [0.25, 0.3) is 0 Å². The Balaban J connectivity index is 1.45. The first-order chi connectivity index (χ1) is 12.4. The maximum atomic E-state index is 12.5. The standard InChI is InChI=1S/C19H25N3O4/c1-12-2-3-13(10-16(12)23)19(26)22-9-8-15(11-22)21-18(25)7-5-14-4-6-17(24)20-14/h2-3,10,14-15,23H,4-9,11H2,1H3,(H,20,24)(H,21,25). The second kappa shape index (κ2) is 7.76. The molecule has 0 aromatic heterocycles. The van der Waals surface area contributed by atoms with Crippen molar-refractivity contribution in [3.8, 4) is 5.75 Å². The summed E-state index contributed by atoms with van der Waals surface area (Å²) in [6.07, 6.45) is 3.08. The number of hydrogen-bond acceptors (Lipinski definition) is 4. The van der Waals surface area contributed by atoms with Crippen molar-refractivity contribution in [2.45, 2.75) is 51.1 Å². The predicted molar refractivity (Wildman–Crippen MR) is 95.7 cm³/mol. The lowest BCUT2D eigenvalue weighted by atomic mass is 10.1. The van der Waals surface area contributed by atoms with Crippen LogP contribution < -0.4 is 10.6 Å². The van der Waals surface area contributed by atoms with E-state index in [1.807, 2.05) is 0 Å². The molecule has 2 aliphatic heterocycles. The number of benzene rings is 1. The van der Waals surface area contributed by atoms with E-state index in [2.05, 4.69) is 10.6 Å². The molecule has 0 spiro atoms. The fourth-order valence-electron chi connectivity index (χ4n) is 3.49. The third-order valence-corrected chi connectivity index (χ3v) is 5.10. The average molecular weight is 359 g/mol. The first kappa shape index (κ1) is 18.2. The molecule has 7 heteroatoms. The van der Waals surface area contributed by atoms with Crippen LogP contribution in [0, 0.1) is 6.92 Å². The molecule has 2 fully saturated rings. The lowest BCUT2D eigenvalue weighted by molar-refractivity contribution is -0.122. The van der Waals surface area contributed by atoms with Gasteiger partial charge in [0.05, 0.1) is 0 Å². The van der Waals surface area contributed by atoms with Gasteiger partial charge < -0.3 is 20.6 Å². The summed E-state index contributed by atoms with van der Waals surface area (Å²) < 4.78 is 0. The smallest absolute Gasteiger partial charge is 0.254 e. The number of likely N-dealkylation sites (tertiary alicyclic amines) is 1. The number of nitrogens with one attached hydrogen (secondary N) is 2. The Hall–Kier alpha value is -2.57. The van der Waals surface area contributed by atoms with E-state index in [4.69, 9.17) is 0 Å². The van der Waals surface area contributed by atoms with E-state index in [-0.39, 0.29) is 35.6 Å². The van der Waals surface area contributed by atoms with Crippen LogP contribution in [-0.2, 0) is 9.59 Å². The van der Waals surface area contributed by atoms with Gasteiger partial charge in [-0.05, 0) is 43.9 Å². The molecule has 1 aromatic carbocycles. The molecule has 0 saturated carbocycles. The SMILES string of the molecule is Cc1ccc(C(=O)N2CCC(NC(=O)CCC3CCC(=O)N3)C2)cc1O. The van der Waals surface area contributed by atoms with E-state index in [0.717, 1.165) is 18.4 Å². The Morgan fingerprint density at radius 1 is 1.35 bits per heavy atom. The van der Waals surface area contributed by atoms with Crippen LogP contribution in [-0.4, -0.2) is 52.9 Å². The third kappa shape index (κ3) is 4.33. The first-order valence-electron chi connectivity index (χ1n) is 9.10. The molecule has 2 heterocycles. The Kier molecular flexibility index (Phi) is 5.44. The maximum absolute atomic E-state index is 12.5. The van der Waals surface area contributed by atoms with Gasteiger partial charge in [0.1, 0.15) is 5.75 Å². The van der Waals surface area contributed by atoms with Crippen molar-refractivity contribution in [2.75, 3.05) is 13.1 Å². The summed E-state index contributed by atoms with van der Waals surface area (Å²) in [5, 5.41) is 15.6. The van der Waals surface area contributed by atoms with E-state index in [1.54, 1.807) is 24.0 Å². The Bertz CT molecular complexity index is 719. The minimum Gasteiger partial charge on any atom is -0.508 e. The number of phenolic OH excluding ortho intramolecular Hbond substituents is 1. The first-order valence-corrected chi connectivity index (χ1v) is 9.10. The van der Waals surface area contributed by atoms with Crippen LogP contribution in [0.3, 0.4) is 0 Å². The Morgan fingerprint density at radius 3 is 2.85 bits per heavy atom. The van der Waals surface area contributed by atoms with Gasteiger partial charge in [0, 0.05) is 43.6 Å². The van der Waals surface area contributed by atoms with Crippen molar-refractivity contribution in [3.63, 3.8) is 0 Å². The summed E-state index contributed by atoms with van der Waals surface area (Å²) in [6, 6.07) is 4.96. The van der Waals surface area contributed by atoms with Crippen molar-refractivity contribution in [1.29, 1.82) is 0 Å². The van der Waals surface area contributed by atoms with Crippen molar-refractivity contribution >= 4 is 17.7 Å².